The van der Waals surface area contributed by atoms with E-state index in [1.165, 1.54) is 34.2 Å². The predicted octanol–water partition coefficient (Wildman–Crippen LogP) is 4.76. The van der Waals surface area contributed by atoms with Crippen LogP contribution in [0.15, 0.2) is 23.1 Å². The third kappa shape index (κ3) is 4.53. The summed E-state index contributed by atoms with van der Waals surface area (Å²) in [4.78, 5) is 18.5. The summed E-state index contributed by atoms with van der Waals surface area (Å²) in [7, 11) is -3.81. The molecule has 2 aliphatic rings. The fourth-order valence-electron chi connectivity index (χ4n) is 4.01. The molecule has 2 aromatic rings. The first kappa shape index (κ1) is 22.0. The van der Waals surface area contributed by atoms with Crippen LogP contribution in [0.1, 0.15) is 42.7 Å². The van der Waals surface area contributed by atoms with Crippen LogP contribution in [0.4, 0.5) is 5.13 Å². The minimum absolute atomic E-state index is 0.0690. The number of nitrogens with one attached hydrogen (secondary N) is 1. The minimum Gasteiger partial charge on any atom is -0.302 e. The van der Waals surface area contributed by atoms with Gasteiger partial charge < -0.3 is 5.32 Å². The first-order chi connectivity index (χ1) is 14.4. The van der Waals surface area contributed by atoms with Gasteiger partial charge >= 0.3 is 0 Å². The summed E-state index contributed by atoms with van der Waals surface area (Å²) < 4.78 is 27.3. The van der Waals surface area contributed by atoms with Crippen molar-refractivity contribution in [1.29, 1.82) is 0 Å². The van der Waals surface area contributed by atoms with Crippen molar-refractivity contribution in [2.75, 3.05) is 18.4 Å². The lowest BCUT2D eigenvalue weighted by molar-refractivity contribution is -0.120. The Bertz CT molecular complexity index is 1000. The van der Waals surface area contributed by atoms with Crippen LogP contribution in [-0.2, 0) is 27.7 Å². The van der Waals surface area contributed by atoms with E-state index in [0.29, 0.717) is 18.0 Å². The summed E-state index contributed by atoms with van der Waals surface area (Å²) in [5.74, 6) is -0.339. The lowest BCUT2D eigenvalue weighted by atomic mass is 9.97. The van der Waals surface area contributed by atoms with Crippen molar-refractivity contribution in [3.05, 3.63) is 38.8 Å². The van der Waals surface area contributed by atoms with Gasteiger partial charge in [-0.2, -0.15) is 4.31 Å². The van der Waals surface area contributed by atoms with Crippen LogP contribution in [0.25, 0.3) is 0 Å². The van der Waals surface area contributed by atoms with Gasteiger partial charge in [0, 0.05) is 23.9 Å². The highest BCUT2D eigenvalue weighted by Gasteiger charge is 2.34. The van der Waals surface area contributed by atoms with Crippen molar-refractivity contribution in [2.24, 2.45) is 5.92 Å². The van der Waals surface area contributed by atoms with Crippen LogP contribution < -0.4 is 5.32 Å². The maximum atomic E-state index is 13.0. The normalized spacial score (nSPS) is 18.6. The number of rotatable bonds is 4. The van der Waals surface area contributed by atoms with Crippen LogP contribution in [0.2, 0.25) is 10.0 Å². The number of carbonyl (C=O) groups excluding carboxylic acids is 1. The second-order valence-electron chi connectivity index (χ2n) is 7.67. The van der Waals surface area contributed by atoms with Gasteiger partial charge in [-0.3, -0.25) is 4.79 Å². The number of carbonyl (C=O) groups is 1. The number of aryl methyl sites for hydroxylation is 2. The Labute approximate surface area is 190 Å². The molecule has 4 rings (SSSR count). The van der Waals surface area contributed by atoms with Gasteiger partial charge in [-0.15, -0.1) is 11.3 Å². The van der Waals surface area contributed by atoms with Crippen LogP contribution in [0.5, 0.6) is 0 Å². The molecular formula is C20H23Cl2N3O3S2. The average molecular weight is 488 g/mol. The molecule has 1 N–H and O–H groups in total. The Hall–Kier alpha value is -1.19. The third-order valence-corrected chi connectivity index (χ3v) is 9.59. The molecule has 0 unspecified atom stereocenters. The molecule has 1 fully saturated rings. The highest BCUT2D eigenvalue weighted by molar-refractivity contribution is 7.89. The molecule has 6 nitrogen and oxygen atoms in total. The second-order valence-corrected chi connectivity index (χ2v) is 11.4. The Balaban J connectivity index is 1.39. The number of sulfonamides is 1. The van der Waals surface area contributed by atoms with E-state index in [0.717, 1.165) is 25.0 Å². The summed E-state index contributed by atoms with van der Waals surface area (Å²) in [5, 5.41) is 3.81. The van der Waals surface area contributed by atoms with Crippen LogP contribution in [0.3, 0.4) is 0 Å². The number of amides is 1. The number of piperidine rings is 1. The zero-order chi connectivity index (χ0) is 21.3. The Morgan fingerprint density at radius 3 is 2.47 bits per heavy atom. The van der Waals surface area contributed by atoms with Crippen molar-refractivity contribution in [3.63, 3.8) is 0 Å². The second kappa shape index (κ2) is 9.12. The zero-order valence-corrected chi connectivity index (χ0v) is 19.5. The van der Waals surface area contributed by atoms with Gasteiger partial charge in [0.25, 0.3) is 0 Å². The van der Waals surface area contributed by atoms with Gasteiger partial charge in [0.15, 0.2) is 5.13 Å². The van der Waals surface area contributed by atoms with Gasteiger partial charge in [-0.25, -0.2) is 13.4 Å². The molecule has 1 aromatic heterocycles. The number of benzene rings is 1. The van der Waals surface area contributed by atoms with Crippen molar-refractivity contribution in [3.8, 4) is 0 Å². The monoisotopic (exact) mass is 487 g/mol. The van der Waals surface area contributed by atoms with E-state index in [1.54, 1.807) is 17.4 Å². The number of nitrogens with zero attached hydrogens (tertiary/aromatic N) is 2. The number of fused-ring (bicyclic) bond motifs is 1. The third-order valence-electron chi connectivity index (χ3n) is 5.67. The summed E-state index contributed by atoms with van der Waals surface area (Å²) in [6.07, 6.45) is 6.44. The van der Waals surface area contributed by atoms with Gasteiger partial charge in [0.1, 0.15) is 4.90 Å². The maximum absolute atomic E-state index is 13.0. The molecule has 30 heavy (non-hydrogen) atoms. The molecule has 1 aliphatic carbocycles. The van der Waals surface area contributed by atoms with Gasteiger partial charge in [0.2, 0.25) is 15.9 Å². The summed E-state index contributed by atoms with van der Waals surface area (Å²) >= 11 is 13.8. The smallest absolute Gasteiger partial charge is 0.246 e. The Morgan fingerprint density at radius 1 is 1.10 bits per heavy atom. The number of halogens is 2. The van der Waals surface area contributed by atoms with E-state index in [1.807, 2.05) is 0 Å². The van der Waals surface area contributed by atoms with E-state index in [2.05, 4.69) is 10.3 Å². The summed E-state index contributed by atoms with van der Waals surface area (Å²) in [6, 6.07) is 4.63. The fraction of sp³-hybridized carbons (Fsp3) is 0.500. The van der Waals surface area contributed by atoms with Crippen molar-refractivity contribution in [2.45, 2.75) is 49.8 Å². The lowest BCUT2D eigenvalue weighted by Gasteiger charge is -2.30. The molecule has 0 atom stereocenters. The molecule has 0 bridgehead atoms. The van der Waals surface area contributed by atoms with Crippen molar-refractivity contribution in [1.82, 2.24) is 9.29 Å². The van der Waals surface area contributed by atoms with E-state index in [9.17, 15) is 13.2 Å². The van der Waals surface area contributed by atoms with Crippen molar-refractivity contribution < 1.29 is 13.2 Å². The topological polar surface area (TPSA) is 79.4 Å². The largest absolute Gasteiger partial charge is 0.302 e. The number of hydrogen-bond acceptors (Lipinski definition) is 5. The molecule has 1 amide bonds. The molecule has 2 heterocycles. The molecule has 0 radical (unpaired) electrons. The molecule has 162 valence electrons. The van der Waals surface area contributed by atoms with Gasteiger partial charge in [-0.05, 0) is 50.7 Å². The maximum Gasteiger partial charge on any atom is 0.246 e. The molecule has 10 heteroatoms. The lowest BCUT2D eigenvalue weighted by Crippen LogP contribution is -2.41. The number of anilines is 1. The molecular weight excluding hydrogens is 465 g/mol. The average Bonchev–Trinajstić information content (AvgIpc) is 2.95. The first-order valence-electron chi connectivity index (χ1n) is 10.1. The standard InChI is InChI=1S/C20H23Cl2N3O3S2/c21-14-5-4-6-15(22)18(14)30(27,28)25-11-9-13(10-12-25)19(26)24-20-23-16-7-2-1-3-8-17(16)29-20/h4-6,13H,1-3,7-12H2,(H,23,24,26). The SMILES string of the molecule is O=C(Nc1nc2c(s1)CCCCC2)C1CCN(S(=O)(=O)c2c(Cl)cccc2Cl)CC1. The quantitative estimate of drug-likeness (QED) is 0.630. The fourth-order valence-corrected chi connectivity index (χ4v) is 7.62. The van der Waals surface area contributed by atoms with E-state index < -0.39 is 10.0 Å². The molecule has 0 saturated carbocycles. The molecule has 0 spiro atoms. The number of thiazole rings is 1. The molecule has 1 aromatic carbocycles. The highest BCUT2D eigenvalue weighted by atomic mass is 35.5. The predicted molar refractivity (Wildman–Crippen MR) is 120 cm³/mol. The Morgan fingerprint density at radius 2 is 1.77 bits per heavy atom. The highest BCUT2D eigenvalue weighted by Crippen LogP contribution is 2.34. The van der Waals surface area contributed by atoms with Crippen LogP contribution >= 0.6 is 34.5 Å². The van der Waals surface area contributed by atoms with Crippen LogP contribution in [-0.4, -0.2) is 36.7 Å². The molecule has 1 saturated heterocycles. The minimum atomic E-state index is -3.81. The van der Waals surface area contributed by atoms with E-state index in [-0.39, 0.29) is 39.9 Å². The van der Waals surface area contributed by atoms with E-state index >= 15 is 0 Å². The van der Waals surface area contributed by atoms with Gasteiger partial charge in [-0.1, -0.05) is 35.7 Å². The Kier molecular flexibility index (Phi) is 6.70. The zero-order valence-electron chi connectivity index (χ0n) is 16.4. The van der Waals surface area contributed by atoms with E-state index in [4.69, 9.17) is 23.2 Å². The van der Waals surface area contributed by atoms with Crippen LogP contribution in [0, 0.1) is 5.92 Å². The summed E-state index contributed by atoms with van der Waals surface area (Å²) in [6.45, 7) is 0.493. The van der Waals surface area contributed by atoms with Gasteiger partial charge in [0.05, 0.1) is 15.7 Å². The molecule has 1 aliphatic heterocycles. The number of hydrogen-bond donors (Lipinski definition) is 1. The summed E-state index contributed by atoms with van der Waals surface area (Å²) in [5.41, 5.74) is 1.12. The number of aromatic nitrogens is 1. The van der Waals surface area contributed by atoms with Crippen molar-refractivity contribution >= 4 is 55.6 Å². The first-order valence-corrected chi connectivity index (χ1v) is 13.1.